The Hall–Kier alpha value is -0.610. The van der Waals surface area contributed by atoms with Crippen molar-refractivity contribution in [3.05, 3.63) is 60.1 Å². The van der Waals surface area contributed by atoms with Crippen LogP contribution in [-0.4, -0.2) is 51.9 Å². The molecule has 8 heteroatoms. The molecule has 5 nitrogen and oxygen atoms in total. The maximum Gasteiger partial charge on any atom is 0.164 e. The van der Waals surface area contributed by atoms with E-state index in [-0.39, 0.29) is 0 Å². The molecule has 0 bridgehead atoms. The Kier molecular flexibility index (Phi) is 7.93. The van der Waals surface area contributed by atoms with Gasteiger partial charge in [-0.1, -0.05) is 30.3 Å². The third-order valence-electron chi connectivity index (χ3n) is 5.22. The molecule has 3 rings (SSSR count). The van der Waals surface area contributed by atoms with Gasteiger partial charge in [0, 0.05) is 5.56 Å². The molecule has 0 amide bonds. The van der Waals surface area contributed by atoms with Crippen molar-refractivity contribution >= 4 is 35.3 Å². The highest BCUT2D eigenvalue weighted by Gasteiger charge is 2.63. The van der Waals surface area contributed by atoms with Crippen LogP contribution in [0.4, 0.5) is 0 Å². The predicted molar refractivity (Wildman–Crippen MR) is 126 cm³/mol. The highest BCUT2D eigenvalue weighted by atomic mass is 32.3. The van der Waals surface area contributed by atoms with Crippen molar-refractivity contribution in [3.8, 4) is 0 Å². The number of thioether (sulfide) groups is 3. The maximum absolute atomic E-state index is 12.3. The van der Waals surface area contributed by atoms with Gasteiger partial charge in [0.2, 0.25) is 0 Å². The average Bonchev–Trinajstić information content (AvgIpc) is 3.38. The third-order valence-corrected chi connectivity index (χ3v) is 10.8. The monoisotopic (exact) mass is 470 g/mol. The summed E-state index contributed by atoms with van der Waals surface area (Å²) in [5.74, 6) is -0.843. The Balaban J connectivity index is 1.91. The molecule has 3 atom stereocenters. The summed E-state index contributed by atoms with van der Waals surface area (Å²) in [6, 6.07) is 11.8. The number of benzene rings is 1. The van der Waals surface area contributed by atoms with Gasteiger partial charge in [0.1, 0.15) is 15.6 Å². The predicted octanol–water partition coefficient (Wildman–Crippen LogP) is 4.95. The van der Waals surface area contributed by atoms with E-state index in [0.29, 0.717) is 18.8 Å². The molecule has 0 unspecified atom stereocenters. The molecule has 0 spiro atoms. The zero-order valence-corrected chi connectivity index (χ0v) is 20.4. The fraction of sp³-hybridized carbons (Fsp3) is 0.545. The number of hydrogen-bond donors (Lipinski definition) is 1. The Bertz CT molecular complexity index is 771. The first-order valence-corrected chi connectivity index (χ1v) is 13.4. The summed E-state index contributed by atoms with van der Waals surface area (Å²) in [6.07, 6.45) is 8.07. The highest BCUT2D eigenvalue weighted by Crippen LogP contribution is 2.59. The largest absolute Gasteiger partial charge is 0.472 e. The number of hydrogen-bond acceptors (Lipinski definition) is 8. The second-order valence-electron chi connectivity index (χ2n) is 7.54. The molecule has 30 heavy (non-hydrogen) atoms. The molecule has 0 radical (unpaired) electrons. The fourth-order valence-corrected chi connectivity index (χ4v) is 7.53. The second-order valence-corrected chi connectivity index (χ2v) is 11.4. The first kappa shape index (κ1) is 24.0. The molecule has 1 aromatic heterocycles. The fourth-order valence-electron chi connectivity index (χ4n) is 3.89. The smallest absolute Gasteiger partial charge is 0.164 e. The lowest BCUT2D eigenvalue weighted by molar-refractivity contribution is -0.172. The second kappa shape index (κ2) is 9.90. The lowest BCUT2D eigenvalue weighted by Crippen LogP contribution is -2.57. The SMILES string of the molecule is CSC(SC)(SC)[C@@](O)(c1ccoc1)[C@@H]1OC(C)(C)O[C@H]1COCc1ccccc1. The zero-order valence-electron chi connectivity index (χ0n) is 18.0. The summed E-state index contributed by atoms with van der Waals surface area (Å²) in [5.41, 5.74) is 0.371. The lowest BCUT2D eigenvalue weighted by Gasteiger charge is -2.47. The number of aliphatic hydroxyl groups is 1. The van der Waals surface area contributed by atoms with Crippen LogP contribution in [0, 0.1) is 0 Å². The standard InChI is InChI=1S/C22H30O5S3/c1-20(2)26-18(15-25-13-16-9-7-6-8-10-16)19(27-20)21(23,17-11-12-24-14-17)22(28-3,29-4)30-5/h6-12,14,18-19,23H,13,15H2,1-5H3/t18-,19+,21+/m0/s1. The van der Waals surface area contributed by atoms with E-state index in [2.05, 4.69) is 0 Å². The summed E-state index contributed by atoms with van der Waals surface area (Å²) in [5, 5.41) is 12.3. The molecule has 2 heterocycles. The summed E-state index contributed by atoms with van der Waals surface area (Å²) in [6.45, 7) is 4.50. The topological polar surface area (TPSA) is 61.1 Å². The summed E-state index contributed by atoms with van der Waals surface area (Å²) in [4.78, 5) is 0. The minimum atomic E-state index is -1.38. The number of ether oxygens (including phenoxy) is 3. The van der Waals surface area contributed by atoms with Gasteiger partial charge in [-0.15, -0.1) is 35.3 Å². The van der Waals surface area contributed by atoms with Crippen molar-refractivity contribution in [1.82, 2.24) is 0 Å². The van der Waals surface area contributed by atoms with Crippen LogP contribution >= 0.6 is 35.3 Å². The van der Waals surface area contributed by atoms with Gasteiger partial charge in [-0.3, -0.25) is 0 Å². The minimum absolute atomic E-state index is 0.302. The molecule has 0 saturated carbocycles. The lowest BCUT2D eigenvalue weighted by atomic mass is 9.88. The van der Waals surface area contributed by atoms with E-state index in [1.807, 2.05) is 62.9 Å². The quantitative estimate of drug-likeness (QED) is 0.490. The van der Waals surface area contributed by atoms with Crippen molar-refractivity contribution in [2.24, 2.45) is 0 Å². The van der Waals surface area contributed by atoms with E-state index in [9.17, 15) is 5.11 Å². The third kappa shape index (κ3) is 4.60. The first-order valence-electron chi connectivity index (χ1n) is 9.69. The van der Waals surface area contributed by atoms with Gasteiger partial charge < -0.3 is 23.7 Å². The van der Waals surface area contributed by atoms with Gasteiger partial charge in [-0.2, -0.15) is 0 Å². The van der Waals surface area contributed by atoms with E-state index >= 15 is 0 Å². The zero-order chi connectivity index (χ0) is 21.8. The van der Waals surface area contributed by atoms with Crippen LogP contribution in [0.15, 0.2) is 53.3 Å². The molecule has 1 aliphatic rings. The van der Waals surface area contributed by atoms with Crippen LogP contribution < -0.4 is 0 Å². The van der Waals surface area contributed by atoms with Gasteiger partial charge in [-0.05, 0) is 44.2 Å². The van der Waals surface area contributed by atoms with Gasteiger partial charge in [0.25, 0.3) is 0 Å². The van der Waals surface area contributed by atoms with E-state index in [4.69, 9.17) is 18.6 Å². The van der Waals surface area contributed by atoms with Crippen LogP contribution in [0.1, 0.15) is 25.0 Å². The molecular weight excluding hydrogens is 440 g/mol. The van der Waals surface area contributed by atoms with Crippen LogP contribution in [0.3, 0.4) is 0 Å². The van der Waals surface area contributed by atoms with Crippen LogP contribution in [-0.2, 0) is 26.4 Å². The molecule has 1 saturated heterocycles. The molecule has 166 valence electrons. The average molecular weight is 471 g/mol. The Labute approximate surface area is 191 Å². The van der Waals surface area contributed by atoms with Crippen LogP contribution in [0.5, 0.6) is 0 Å². The number of furan rings is 1. The highest BCUT2D eigenvalue weighted by molar-refractivity contribution is 8.33. The summed E-state index contributed by atoms with van der Waals surface area (Å²) >= 11 is 4.77. The Morgan fingerprint density at radius 3 is 2.27 bits per heavy atom. The summed E-state index contributed by atoms with van der Waals surface area (Å²) in [7, 11) is 0. The number of rotatable bonds is 10. The molecule has 0 aliphatic carbocycles. The molecular formula is C22H30O5S3. The van der Waals surface area contributed by atoms with Crippen molar-refractivity contribution in [1.29, 1.82) is 0 Å². The van der Waals surface area contributed by atoms with Gasteiger partial charge in [0.05, 0.1) is 25.7 Å². The van der Waals surface area contributed by atoms with Crippen molar-refractivity contribution < 1.29 is 23.7 Å². The van der Waals surface area contributed by atoms with E-state index < -0.39 is 27.0 Å². The van der Waals surface area contributed by atoms with E-state index in [1.54, 1.807) is 53.9 Å². The van der Waals surface area contributed by atoms with Crippen LogP contribution in [0.25, 0.3) is 0 Å². The maximum atomic E-state index is 12.3. The van der Waals surface area contributed by atoms with E-state index in [0.717, 1.165) is 5.56 Å². The minimum Gasteiger partial charge on any atom is -0.472 e. The Morgan fingerprint density at radius 1 is 1.03 bits per heavy atom. The van der Waals surface area contributed by atoms with Crippen molar-refractivity contribution in [2.45, 2.75) is 47.5 Å². The summed E-state index contributed by atoms with van der Waals surface area (Å²) < 4.78 is 23.3. The van der Waals surface area contributed by atoms with Crippen LogP contribution in [0.2, 0.25) is 0 Å². The Morgan fingerprint density at radius 2 is 1.70 bits per heavy atom. The van der Waals surface area contributed by atoms with E-state index in [1.165, 1.54) is 0 Å². The first-order chi connectivity index (χ1) is 14.3. The molecule has 1 aliphatic heterocycles. The van der Waals surface area contributed by atoms with Gasteiger partial charge >= 0.3 is 0 Å². The molecule has 1 aromatic carbocycles. The molecule has 2 aromatic rings. The molecule has 1 N–H and O–H groups in total. The molecule has 1 fully saturated rings. The van der Waals surface area contributed by atoms with Gasteiger partial charge in [-0.25, -0.2) is 0 Å². The van der Waals surface area contributed by atoms with Crippen molar-refractivity contribution in [3.63, 3.8) is 0 Å². The van der Waals surface area contributed by atoms with Crippen molar-refractivity contribution in [2.75, 3.05) is 25.4 Å². The normalized spacial score (nSPS) is 23.4. The van der Waals surface area contributed by atoms with Gasteiger partial charge in [0.15, 0.2) is 11.4 Å².